The monoisotopic (exact) mass is 352 g/mol. The zero-order valence-electron chi connectivity index (χ0n) is 11.3. The molecule has 0 aliphatic carbocycles. The van der Waals surface area contributed by atoms with Crippen molar-refractivity contribution in [1.82, 2.24) is 10.2 Å². The third-order valence-electron chi connectivity index (χ3n) is 2.83. The van der Waals surface area contributed by atoms with Gasteiger partial charge in [0.25, 0.3) is 0 Å². The van der Waals surface area contributed by atoms with Crippen molar-refractivity contribution in [2.24, 2.45) is 0 Å². The van der Waals surface area contributed by atoms with Crippen molar-refractivity contribution >= 4 is 33.5 Å². The normalized spacial score (nSPS) is 11.5. The molecule has 0 bridgehead atoms. The molecule has 21 heavy (non-hydrogen) atoms. The van der Waals surface area contributed by atoms with Crippen LogP contribution in [0.25, 0.3) is 11.6 Å². The molecule has 1 aromatic heterocycles. The number of aliphatic carboxylic acids is 1. The number of hydrogen-bond acceptors (Lipinski definition) is 4. The lowest BCUT2D eigenvalue weighted by Crippen LogP contribution is -2.00. The minimum atomic E-state index is -1.14. The fraction of sp³-hybridized carbons (Fsp3) is 0.143. The Balaban J connectivity index is 2.56. The summed E-state index contributed by atoms with van der Waals surface area (Å²) < 4.78 is 5.65. The summed E-state index contributed by atoms with van der Waals surface area (Å²) in [4.78, 5) is 11.4. The van der Waals surface area contributed by atoms with Gasteiger partial charge in [-0.15, -0.1) is 0 Å². The van der Waals surface area contributed by atoms with Gasteiger partial charge in [-0.2, -0.15) is 5.10 Å². The number of aryl methyl sites for hydroxylation is 1. The first-order valence-electron chi connectivity index (χ1n) is 5.97. The largest absolute Gasteiger partial charge is 0.504 e. The van der Waals surface area contributed by atoms with Crippen molar-refractivity contribution < 1.29 is 19.7 Å². The Hall–Kier alpha value is -2.28. The van der Waals surface area contributed by atoms with Crippen LogP contribution >= 0.6 is 15.9 Å². The Labute approximate surface area is 129 Å². The lowest BCUT2D eigenvalue weighted by molar-refractivity contribution is -0.130. The number of carbonyl (C=O) groups is 1. The molecule has 0 aliphatic rings. The van der Waals surface area contributed by atoms with Gasteiger partial charge < -0.3 is 14.9 Å². The van der Waals surface area contributed by atoms with Crippen LogP contribution in [0.5, 0.6) is 11.5 Å². The highest BCUT2D eigenvalue weighted by molar-refractivity contribution is 9.10. The molecule has 110 valence electrons. The predicted octanol–water partition coefficient (Wildman–Crippen LogP) is 2.82. The van der Waals surface area contributed by atoms with Gasteiger partial charge >= 0.3 is 5.97 Å². The Kier molecular flexibility index (Phi) is 4.32. The van der Waals surface area contributed by atoms with Crippen LogP contribution in [0.4, 0.5) is 0 Å². The van der Waals surface area contributed by atoms with Crippen LogP contribution in [-0.2, 0) is 4.79 Å². The maximum Gasteiger partial charge on any atom is 0.337 e. The highest BCUT2D eigenvalue weighted by Crippen LogP contribution is 2.38. The van der Waals surface area contributed by atoms with Crippen molar-refractivity contribution in [2.45, 2.75) is 6.92 Å². The molecule has 6 nitrogen and oxygen atoms in total. The average Bonchev–Trinajstić information content (AvgIpc) is 2.84. The van der Waals surface area contributed by atoms with Crippen LogP contribution in [-0.4, -0.2) is 33.5 Å². The Morgan fingerprint density at radius 3 is 2.71 bits per heavy atom. The second kappa shape index (κ2) is 6.01. The number of halogens is 1. The highest BCUT2D eigenvalue weighted by Gasteiger charge is 2.17. The van der Waals surface area contributed by atoms with E-state index in [0.29, 0.717) is 15.7 Å². The number of aromatic hydroxyl groups is 1. The molecule has 0 amide bonds. The van der Waals surface area contributed by atoms with E-state index in [-0.39, 0.29) is 17.1 Å². The molecule has 0 saturated carbocycles. The smallest absolute Gasteiger partial charge is 0.337 e. The average molecular weight is 353 g/mol. The Morgan fingerprint density at radius 2 is 2.19 bits per heavy atom. The number of methoxy groups -OCH3 is 1. The molecule has 1 heterocycles. The summed E-state index contributed by atoms with van der Waals surface area (Å²) in [5.41, 5.74) is 1.34. The molecule has 3 N–H and O–H groups in total. The number of carboxylic acids is 1. The van der Waals surface area contributed by atoms with E-state index in [1.807, 2.05) is 0 Å². The summed E-state index contributed by atoms with van der Waals surface area (Å²) in [6.07, 6.45) is 1.35. The van der Waals surface area contributed by atoms with Crippen molar-refractivity contribution in [1.29, 1.82) is 0 Å². The predicted molar refractivity (Wildman–Crippen MR) is 81.2 cm³/mol. The minimum absolute atomic E-state index is 0.0287. The standard InChI is InChI=1S/C14H13BrN2O4/c1-7-5-11(17-16-7)9(14(19)20)6-8-3-4-10(15)13(21-2)12(8)18/h3-6,18H,1-2H3,(H,16,17)(H,19,20)/b9-6-. The molecule has 0 aliphatic heterocycles. The van der Waals surface area contributed by atoms with Gasteiger partial charge in [0.15, 0.2) is 11.5 Å². The molecule has 0 radical (unpaired) electrons. The van der Waals surface area contributed by atoms with Gasteiger partial charge in [0.05, 0.1) is 22.8 Å². The number of benzene rings is 1. The van der Waals surface area contributed by atoms with Crippen molar-refractivity contribution in [3.8, 4) is 11.5 Å². The van der Waals surface area contributed by atoms with Gasteiger partial charge in [-0.1, -0.05) is 0 Å². The van der Waals surface area contributed by atoms with Crippen LogP contribution in [0.1, 0.15) is 17.0 Å². The minimum Gasteiger partial charge on any atom is -0.504 e. The summed E-state index contributed by atoms with van der Waals surface area (Å²) in [5, 5.41) is 26.1. The quantitative estimate of drug-likeness (QED) is 0.735. The van der Waals surface area contributed by atoms with E-state index in [4.69, 9.17) is 4.74 Å². The first-order valence-corrected chi connectivity index (χ1v) is 6.76. The molecule has 2 aromatic rings. The molecule has 0 fully saturated rings. The first-order chi connectivity index (χ1) is 9.93. The molecule has 0 spiro atoms. The molecule has 7 heteroatoms. The molecule has 0 atom stereocenters. The molecular formula is C14H13BrN2O4. The number of aromatic amines is 1. The van der Waals surface area contributed by atoms with E-state index in [2.05, 4.69) is 26.1 Å². The van der Waals surface area contributed by atoms with Gasteiger partial charge in [-0.05, 0) is 47.1 Å². The van der Waals surface area contributed by atoms with Crippen LogP contribution in [0.3, 0.4) is 0 Å². The number of H-pyrrole nitrogens is 1. The number of hydrogen-bond donors (Lipinski definition) is 3. The summed E-state index contributed by atoms with van der Waals surface area (Å²) in [6.45, 7) is 1.77. The maximum absolute atomic E-state index is 11.4. The number of phenolic OH excluding ortho intramolecular Hbond substituents is 1. The molecule has 1 aromatic carbocycles. The summed E-state index contributed by atoms with van der Waals surface area (Å²) in [6, 6.07) is 4.87. The first kappa shape index (κ1) is 15.1. The van der Waals surface area contributed by atoms with Gasteiger partial charge in [0.1, 0.15) is 0 Å². The van der Waals surface area contributed by atoms with Gasteiger partial charge in [0, 0.05) is 11.3 Å². The highest BCUT2D eigenvalue weighted by atomic mass is 79.9. The molecule has 0 unspecified atom stereocenters. The third-order valence-corrected chi connectivity index (χ3v) is 3.46. The second-order valence-corrected chi connectivity index (χ2v) is 5.17. The number of aromatic nitrogens is 2. The van der Waals surface area contributed by atoms with Gasteiger partial charge in [0.2, 0.25) is 0 Å². The number of rotatable bonds is 4. The number of nitrogens with zero attached hydrogens (tertiary/aromatic N) is 1. The van der Waals surface area contributed by atoms with Crippen LogP contribution in [0.2, 0.25) is 0 Å². The fourth-order valence-corrected chi connectivity index (χ4v) is 2.31. The summed E-state index contributed by atoms with van der Waals surface area (Å²) in [7, 11) is 1.42. The summed E-state index contributed by atoms with van der Waals surface area (Å²) >= 11 is 3.25. The third kappa shape index (κ3) is 3.08. The van der Waals surface area contributed by atoms with Crippen LogP contribution in [0.15, 0.2) is 22.7 Å². The van der Waals surface area contributed by atoms with Crippen molar-refractivity contribution in [3.63, 3.8) is 0 Å². The lowest BCUT2D eigenvalue weighted by atomic mass is 10.1. The Morgan fingerprint density at radius 1 is 1.48 bits per heavy atom. The van der Waals surface area contributed by atoms with Gasteiger partial charge in [-0.25, -0.2) is 4.79 Å². The van der Waals surface area contributed by atoms with E-state index < -0.39 is 5.97 Å². The molecule has 2 rings (SSSR count). The topological polar surface area (TPSA) is 95.4 Å². The van der Waals surface area contributed by atoms with Crippen LogP contribution < -0.4 is 4.74 Å². The second-order valence-electron chi connectivity index (χ2n) is 4.32. The van der Waals surface area contributed by atoms with E-state index in [0.717, 1.165) is 5.69 Å². The Bertz CT molecular complexity index is 722. The SMILES string of the molecule is COc1c(Br)ccc(/C=C(\C(=O)O)c2cc(C)[nH]n2)c1O. The number of nitrogens with one attached hydrogen (secondary N) is 1. The number of carboxylic acid groups (broad SMARTS) is 1. The zero-order valence-corrected chi connectivity index (χ0v) is 12.9. The maximum atomic E-state index is 11.4. The van der Waals surface area contributed by atoms with Crippen molar-refractivity contribution in [2.75, 3.05) is 7.11 Å². The van der Waals surface area contributed by atoms with Gasteiger partial charge in [-0.3, -0.25) is 5.10 Å². The lowest BCUT2D eigenvalue weighted by Gasteiger charge is -2.09. The van der Waals surface area contributed by atoms with E-state index in [1.165, 1.54) is 13.2 Å². The number of phenols is 1. The zero-order chi connectivity index (χ0) is 15.6. The molecular weight excluding hydrogens is 340 g/mol. The molecule has 0 saturated heterocycles. The van der Waals surface area contributed by atoms with E-state index in [9.17, 15) is 15.0 Å². The van der Waals surface area contributed by atoms with Crippen molar-refractivity contribution in [3.05, 3.63) is 39.6 Å². The number of ether oxygens (including phenoxy) is 1. The van der Waals surface area contributed by atoms with E-state index >= 15 is 0 Å². The fourth-order valence-electron chi connectivity index (χ4n) is 1.83. The van der Waals surface area contributed by atoms with E-state index in [1.54, 1.807) is 25.1 Å². The van der Waals surface area contributed by atoms with Crippen LogP contribution in [0, 0.1) is 6.92 Å². The summed E-state index contributed by atoms with van der Waals surface area (Å²) in [5.74, 6) is -1.03.